The van der Waals surface area contributed by atoms with E-state index in [9.17, 15) is 17.6 Å². The minimum atomic E-state index is -4.15. The highest BCUT2D eigenvalue weighted by Crippen LogP contribution is 2.30. The summed E-state index contributed by atoms with van der Waals surface area (Å²) >= 11 is 5.67. The van der Waals surface area contributed by atoms with E-state index < -0.39 is 25.7 Å². The van der Waals surface area contributed by atoms with Gasteiger partial charge in [0.05, 0.1) is 10.6 Å². The van der Waals surface area contributed by atoms with E-state index in [0.29, 0.717) is 24.9 Å². The second kappa shape index (κ2) is 5.74. The summed E-state index contributed by atoms with van der Waals surface area (Å²) in [6.07, 6.45) is 0. The van der Waals surface area contributed by atoms with E-state index in [4.69, 9.17) is 22.3 Å². The number of halogens is 3. The summed E-state index contributed by atoms with van der Waals surface area (Å²) in [5.41, 5.74) is -0.333. The molecule has 0 aromatic heterocycles. The second-order valence-corrected chi connectivity index (χ2v) is 8.31. The quantitative estimate of drug-likeness (QED) is 0.767. The molecule has 1 aromatic rings. The van der Waals surface area contributed by atoms with E-state index in [1.807, 2.05) is 13.8 Å². The Hall–Kier alpha value is -0.850. The van der Waals surface area contributed by atoms with Crippen LogP contribution < -0.4 is 0 Å². The van der Waals surface area contributed by atoms with Crippen LogP contribution in [0.4, 0.5) is 4.39 Å². The highest BCUT2D eigenvalue weighted by molar-refractivity contribution is 8.13. The van der Waals surface area contributed by atoms with Gasteiger partial charge in [-0.3, -0.25) is 4.79 Å². The Bertz CT molecular complexity index is 683. The van der Waals surface area contributed by atoms with E-state index in [-0.39, 0.29) is 10.6 Å². The van der Waals surface area contributed by atoms with Crippen molar-refractivity contribution in [1.82, 2.24) is 4.90 Å². The van der Waals surface area contributed by atoms with Crippen molar-refractivity contribution < 1.29 is 17.6 Å². The first-order valence-corrected chi connectivity index (χ1v) is 9.03. The van der Waals surface area contributed by atoms with Gasteiger partial charge in [-0.05, 0) is 24.0 Å². The maximum absolute atomic E-state index is 13.9. The number of carbonyl (C=O) groups excluding carboxylic acids is 1. The zero-order chi connectivity index (χ0) is 15.9. The van der Waals surface area contributed by atoms with Gasteiger partial charge >= 0.3 is 0 Å². The fourth-order valence-corrected chi connectivity index (χ4v) is 3.85. The number of benzene rings is 1. The summed E-state index contributed by atoms with van der Waals surface area (Å²) in [7, 11) is 1.09. The maximum Gasteiger partial charge on any atom is 0.262 e. The first-order chi connectivity index (χ1) is 9.61. The average molecular weight is 354 g/mol. The van der Waals surface area contributed by atoms with Gasteiger partial charge in [0.1, 0.15) is 10.7 Å². The summed E-state index contributed by atoms with van der Waals surface area (Å²) in [5.74, 6) is -0.802. The zero-order valence-electron chi connectivity index (χ0n) is 11.4. The van der Waals surface area contributed by atoms with Crippen molar-refractivity contribution in [3.63, 3.8) is 0 Å². The smallest absolute Gasteiger partial charge is 0.262 e. The Balaban J connectivity index is 2.43. The van der Waals surface area contributed by atoms with Gasteiger partial charge in [-0.25, -0.2) is 12.8 Å². The second-order valence-electron chi connectivity index (χ2n) is 5.37. The molecule has 0 spiro atoms. The van der Waals surface area contributed by atoms with Gasteiger partial charge in [-0.15, -0.1) is 0 Å². The lowest BCUT2D eigenvalue weighted by Gasteiger charge is -2.17. The highest BCUT2D eigenvalue weighted by Gasteiger charge is 2.32. The molecule has 1 amide bonds. The third-order valence-corrected chi connectivity index (χ3v) is 5.58. The maximum atomic E-state index is 13.9. The summed E-state index contributed by atoms with van der Waals surface area (Å²) in [6, 6.07) is 1.70. The van der Waals surface area contributed by atoms with E-state index >= 15 is 0 Å². The van der Waals surface area contributed by atoms with Crippen LogP contribution in [0.3, 0.4) is 0 Å². The summed E-state index contributed by atoms with van der Waals surface area (Å²) in [6.45, 7) is 5.02. The Morgan fingerprint density at radius 1 is 1.29 bits per heavy atom. The van der Waals surface area contributed by atoms with Crippen LogP contribution in [-0.4, -0.2) is 32.3 Å². The van der Waals surface area contributed by atoms with E-state index in [1.165, 1.54) is 4.90 Å². The molecule has 8 heteroatoms. The van der Waals surface area contributed by atoms with Crippen LogP contribution in [0.1, 0.15) is 24.2 Å². The lowest BCUT2D eigenvalue weighted by molar-refractivity contribution is 0.0780. The lowest BCUT2D eigenvalue weighted by atomic mass is 10.0. The first-order valence-electron chi connectivity index (χ1n) is 6.34. The fourth-order valence-electron chi connectivity index (χ4n) is 2.35. The predicted octanol–water partition coefficient (Wildman–Crippen LogP) is 3.13. The van der Waals surface area contributed by atoms with Crippen molar-refractivity contribution in [2.24, 2.45) is 11.8 Å². The van der Waals surface area contributed by atoms with Gasteiger partial charge < -0.3 is 4.90 Å². The van der Waals surface area contributed by atoms with E-state index in [1.54, 1.807) is 0 Å². The van der Waals surface area contributed by atoms with Crippen LogP contribution in [0.15, 0.2) is 17.0 Å². The zero-order valence-corrected chi connectivity index (χ0v) is 13.8. The molecule has 1 heterocycles. The van der Waals surface area contributed by atoms with Crippen LogP contribution in [0, 0.1) is 17.7 Å². The average Bonchev–Trinajstić information content (AvgIpc) is 2.67. The summed E-state index contributed by atoms with van der Waals surface area (Å²) < 4.78 is 36.7. The van der Waals surface area contributed by atoms with Gasteiger partial charge in [0.2, 0.25) is 0 Å². The molecule has 1 aliphatic heterocycles. The Kier molecular flexibility index (Phi) is 4.52. The molecular weight excluding hydrogens is 340 g/mol. The molecular formula is C13H14Cl2FNO3S. The molecule has 1 aliphatic rings. The van der Waals surface area contributed by atoms with Gasteiger partial charge in [-0.2, -0.15) is 0 Å². The Morgan fingerprint density at radius 2 is 1.81 bits per heavy atom. The molecule has 21 heavy (non-hydrogen) atoms. The molecule has 1 aromatic carbocycles. The predicted molar refractivity (Wildman–Crippen MR) is 78.7 cm³/mol. The molecule has 0 bridgehead atoms. The Morgan fingerprint density at radius 3 is 2.29 bits per heavy atom. The topological polar surface area (TPSA) is 54.5 Å². The molecule has 2 atom stereocenters. The molecule has 4 nitrogen and oxygen atoms in total. The lowest BCUT2D eigenvalue weighted by Crippen LogP contribution is -2.29. The third-order valence-electron chi connectivity index (χ3n) is 3.79. The van der Waals surface area contributed by atoms with Crippen LogP contribution in [0.25, 0.3) is 0 Å². The molecule has 2 rings (SSSR count). The van der Waals surface area contributed by atoms with Crippen LogP contribution in [-0.2, 0) is 9.05 Å². The largest absolute Gasteiger partial charge is 0.338 e. The van der Waals surface area contributed by atoms with Gasteiger partial charge in [0.25, 0.3) is 15.0 Å². The molecule has 0 saturated carbocycles. The van der Waals surface area contributed by atoms with Gasteiger partial charge in [0.15, 0.2) is 0 Å². The van der Waals surface area contributed by atoms with Crippen molar-refractivity contribution in [2.45, 2.75) is 18.7 Å². The standard InChI is InChI=1S/C13H14Cl2FNO3S/c1-7-5-17(6-8(7)2)13(18)9-3-12(21(15,19)20)10(14)4-11(9)16/h3-4,7-8H,5-6H2,1-2H3. The van der Waals surface area contributed by atoms with Gasteiger partial charge in [0, 0.05) is 23.8 Å². The fraction of sp³-hybridized carbons (Fsp3) is 0.462. The minimum Gasteiger partial charge on any atom is -0.338 e. The highest BCUT2D eigenvalue weighted by atomic mass is 35.7. The number of hydrogen-bond donors (Lipinski definition) is 0. The van der Waals surface area contributed by atoms with Crippen molar-refractivity contribution >= 4 is 37.2 Å². The number of likely N-dealkylation sites (tertiary alicyclic amines) is 1. The monoisotopic (exact) mass is 353 g/mol. The van der Waals surface area contributed by atoms with Crippen molar-refractivity contribution in [2.75, 3.05) is 13.1 Å². The molecule has 0 radical (unpaired) electrons. The van der Waals surface area contributed by atoms with Crippen LogP contribution >= 0.6 is 22.3 Å². The van der Waals surface area contributed by atoms with Crippen molar-refractivity contribution in [3.05, 3.63) is 28.5 Å². The number of amides is 1. The molecule has 0 aliphatic carbocycles. The molecule has 116 valence electrons. The van der Waals surface area contributed by atoms with E-state index in [2.05, 4.69) is 0 Å². The minimum absolute atomic E-state index is 0.306. The van der Waals surface area contributed by atoms with Crippen LogP contribution in [0.5, 0.6) is 0 Å². The number of carbonyl (C=O) groups is 1. The molecule has 2 unspecified atom stereocenters. The summed E-state index contributed by atoms with van der Waals surface area (Å²) in [4.78, 5) is 13.4. The molecule has 1 saturated heterocycles. The number of nitrogens with zero attached hydrogens (tertiary/aromatic N) is 1. The first kappa shape index (κ1) is 16.5. The SMILES string of the molecule is CC1CN(C(=O)c2cc(S(=O)(=O)Cl)c(Cl)cc2F)CC1C. The normalized spacial score (nSPS) is 22.6. The Labute approximate surface area is 132 Å². The van der Waals surface area contributed by atoms with Crippen molar-refractivity contribution in [3.8, 4) is 0 Å². The molecule has 0 N–H and O–H groups in total. The number of rotatable bonds is 2. The van der Waals surface area contributed by atoms with Crippen molar-refractivity contribution in [1.29, 1.82) is 0 Å². The number of hydrogen-bond acceptors (Lipinski definition) is 3. The summed E-state index contributed by atoms with van der Waals surface area (Å²) in [5, 5.41) is -0.345. The third kappa shape index (κ3) is 3.33. The van der Waals surface area contributed by atoms with Gasteiger partial charge in [-0.1, -0.05) is 25.4 Å². The molecule has 1 fully saturated rings. The van der Waals surface area contributed by atoms with E-state index in [0.717, 1.165) is 12.1 Å². The van der Waals surface area contributed by atoms with Crippen LogP contribution in [0.2, 0.25) is 5.02 Å².